The molecule has 1 unspecified atom stereocenters. The molecule has 4 heteroatoms. The maximum Gasteiger partial charge on any atom is 0.338 e. The van der Waals surface area contributed by atoms with Crippen LogP contribution in [-0.2, 0) is 22.3 Å². The molecule has 0 radical (unpaired) electrons. The Balaban J connectivity index is 1.34. The number of hydrogen-bond acceptors (Lipinski definition) is 4. The summed E-state index contributed by atoms with van der Waals surface area (Å²) in [5.74, 6) is 0.562. The quantitative estimate of drug-likeness (QED) is 0.195. The van der Waals surface area contributed by atoms with Crippen LogP contribution in [0, 0.1) is 5.92 Å². The third kappa shape index (κ3) is 9.48. The molecule has 46 heavy (non-hydrogen) atoms. The molecule has 0 bridgehead atoms. The van der Waals surface area contributed by atoms with E-state index in [1.807, 2.05) is 12.1 Å². The fourth-order valence-corrected chi connectivity index (χ4v) is 8.38. The van der Waals surface area contributed by atoms with Crippen LogP contribution >= 0.6 is 0 Å². The Morgan fingerprint density at radius 3 is 1.57 bits per heavy atom. The molecule has 2 aromatic carbocycles. The number of unbranched alkanes of at least 4 members (excludes halogenated alkanes) is 2. The van der Waals surface area contributed by atoms with Gasteiger partial charge in [0, 0.05) is 0 Å². The van der Waals surface area contributed by atoms with Crippen LogP contribution in [0.3, 0.4) is 0 Å². The summed E-state index contributed by atoms with van der Waals surface area (Å²) in [7, 11) is 0. The molecular weight excluding hydrogens is 568 g/mol. The number of carbonyl (C=O) groups excluding carboxylic acids is 2. The number of aryl methyl sites for hydroxylation is 2. The highest BCUT2D eigenvalue weighted by atomic mass is 16.6. The summed E-state index contributed by atoms with van der Waals surface area (Å²) < 4.78 is 12.5. The molecule has 4 nitrogen and oxygen atoms in total. The molecule has 0 aromatic heterocycles. The van der Waals surface area contributed by atoms with Crippen LogP contribution in [0.1, 0.15) is 191 Å². The van der Waals surface area contributed by atoms with Crippen LogP contribution in [-0.4, -0.2) is 24.6 Å². The van der Waals surface area contributed by atoms with E-state index in [-0.39, 0.29) is 24.5 Å². The molecule has 0 N–H and O–H groups in total. The van der Waals surface area contributed by atoms with E-state index >= 15 is 0 Å². The first-order valence-electron chi connectivity index (χ1n) is 19.2. The van der Waals surface area contributed by atoms with E-state index in [1.54, 1.807) is 0 Å². The number of benzene rings is 2. The zero-order chi connectivity index (χ0) is 32.1. The van der Waals surface area contributed by atoms with Crippen molar-refractivity contribution in [1.29, 1.82) is 0 Å². The lowest BCUT2D eigenvalue weighted by Crippen LogP contribution is -2.34. The second-order valence-corrected chi connectivity index (χ2v) is 14.7. The molecule has 2 aromatic rings. The van der Waals surface area contributed by atoms with Gasteiger partial charge < -0.3 is 9.47 Å². The monoisotopic (exact) mass is 628 g/mol. The van der Waals surface area contributed by atoms with Gasteiger partial charge in [-0.05, 0) is 116 Å². The molecule has 0 heterocycles. The van der Waals surface area contributed by atoms with Crippen LogP contribution in [0.15, 0.2) is 36.4 Å². The van der Waals surface area contributed by atoms with Crippen molar-refractivity contribution in [3.05, 3.63) is 69.8 Å². The Hall–Kier alpha value is -2.62. The maximum absolute atomic E-state index is 14.0. The van der Waals surface area contributed by atoms with E-state index in [0.717, 1.165) is 95.5 Å². The van der Waals surface area contributed by atoms with E-state index in [9.17, 15) is 9.59 Å². The van der Waals surface area contributed by atoms with Crippen molar-refractivity contribution in [2.75, 3.05) is 6.61 Å². The molecule has 0 aliphatic heterocycles. The molecule has 3 aliphatic rings. The van der Waals surface area contributed by atoms with E-state index < -0.39 is 6.10 Å². The molecule has 3 fully saturated rings. The molecule has 0 amide bonds. The summed E-state index contributed by atoms with van der Waals surface area (Å²) in [6.07, 6.45) is 23.9. The van der Waals surface area contributed by atoms with Crippen LogP contribution in [0.5, 0.6) is 0 Å². The number of carbonyl (C=O) groups is 2. The molecule has 0 saturated heterocycles. The first-order chi connectivity index (χ1) is 22.6. The lowest BCUT2D eigenvalue weighted by molar-refractivity contribution is -0.0248. The van der Waals surface area contributed by atoms with Crippen LogP contribution < -0.4 is 0 Å². The largest absolute Gasteiger partial charge is 0.458 e. The minimum Gasteiger partial charge on any atom is -0.458 e. The summed E-state index contributed by atoms with van der Waals surface area (Å²) in [6.45, 7) is 4.58. The minimum absolute atomic E-state index is 0.129. The van der Waals surface area contributed by atoms with Gasteiger partial charge in [0.2, 0.25) is 0 Å². The normalized spacial score (nSPS) is 19.1. The van der Waals surface area contributed by atoms with Crippen molar-refractivity contribution in [2.24, 2.45) is 5.92 Å². The summed E-state index contributed by atoms with van der Waals surface area (Å²) in [6, 6.07) is 12.9. The van der Waals surface area contributed by atoms with Crippen LogP contribution in [0.25, 0.3) is 0 Å². The van der Waals surface area contributed by atoms with Gasteiger partial charge in [-0.3, -0.25) is 0 Å². The zero-order valence-electron chi connectivity index (χ0n) is 29.0. The Morgan fingerprint density at radius 2 is 1.09 bits per heavy atom. The van der Waals surface area contributed by atoms with Crippen molar-refractivity contribution in [1.82, 2.24) is 0 Å². The first-order valence-corrected chi connectivity index (χ1v) is 19.2. The molecule has 5 rings (SSSR count). The fourth-order valence-electron chi connectivity index (χ4n) is 8.38. The van der Waals surface area contributed by atoms with Gasteiger partial charge in [0.15, 0.2) is 0 Å². The maximum atomic E-state index is 14.0. The van der Waals surface area contributed by atoms with Crippen molar-refractivity contribution in [3.8, 4) is 0 Å². The molecule has 0 spiro atoms. The fraction of sp³-hybridized carbons (Fsp3) is 0.667. The Labute approximate surface area is 279 Å². The van der Waals surface area contributed by atoms with E-state index in [2.05, 4.69) is 38.1 Å². The van der Waals surface area contributed by atoms with Gasteiger partial charge in [-0.25, -0.2) is 9.59 Å². The van der Waals surface area contributed by atoms with Gasteiger partial charge >= 0.3 is 11.9 Å². The second kappa shape index (κ2) is 18.1. The molecule has 1 atom stereocenters. The minimum atomic E-state index is -0.419. The van der Waals surface area contributed by atoms with Crippen molar-refractivity contribution in [3.63, 3.8) is 0 Å². The lowest BCUT2D eigenvalue weighted by atomic mass is 9.81. The second-order valence-electron chi connectivity index (χ2n) is 14.7. The predicted octanol–water partition coefficient (Wildman–Crippen LogP) is 11.4. The average Bonchev–Trinajstić information content (AvgIpc) is 3.12. The zero-order valence-corrected chi connectivity index (χ0v) is 29.0. The highest BCUT2D eigenvalue weighted by molar-refractivity contribution is 5.92. The Morgan fingerprint density at radius 1 is 0.630 bits per heavy atom. The first kappa shape index (κ1) is 34.7. The number of hydrogen-bond donors (Lipinski definition) is 0. The van der Waals surface area contributed by atoms with Crippen molar-refractivity contribution in [2.45, 2.75) is 167 Å². The highest BCUT2D eigenvalue weighted by Gasteiger charge is 2.32. The summed E-state index contributed by atoms with van der Waals surface area (Å²) >= 11 is 0. The van der Waals surface area contributed by atoms with Gasteiger partial charge in [-0.15, -0.1) is 0 Å². The van der Waals surface area contributed by atoms with E-state index in [0.29, 0.717) is 17.4 Å². The molecule has 3 aliphatic carbocycles. The van der Waals surface area contributed by atoms with Gasteiger partial charge in [-0.1, -0.05) is 109 Å². The SMILES string of the molecule is CCCCc1ccc(C(=O)OCC(OC(=O)c2ccc(CCCC)cc2C2CCCCC2)C2CCCCC2)c(C2CCCCC2)c1. The number of esters is 2. The van der Waals surface area contributed by atoms with Crippen molar-refractivity contribution >= 4 is 11.9 Å². The summed E-state index contributed by atoms with van der Waals surface area (Å²) in [5.41, 5.74) is 6.43. The lowest BCUT2D eigenvalue weighted by Gasteiger charge is -2.31. The van der Waals surface area contributed by atoms with Crippen LogP contribution in [0.2, 0.25) is 0 Å². The standard InChI is InChI=1S/C42H60O4/c1-3-5-16-31-24-26-36(38(28-31)33-18-10-7-11-19-33)41(43)45-30-40(35-22-14-9-15-23-35)46-42(44)37-27-25-32(17-6-4-2)29-39(37)34-20-12-8-13-21-34/h24-29,33-35,40H,3-23,30H2,1-2H3. The molecular formula is C42H60O4. The third-order valence-corrected chi connectivity index (χ3v) is 11.2. The van der Waals surface area contributed by atoms with Gasteiger partial charge in [0.05, 0.1) is 11.1 Å². The average molecular weight is 629 g/mol. The topological polar surface area (TPSA) is 52.6 Å². The van der Waals surface area contributed by atoms with Crippen LogP contribution in [0.4, 0.5) is 0 Å². The third-order valence-electron chi connectivity index (χ3n) is 11.2. The van der Waals surface area contributed by atoms with Gasteiger partial charge in [0.25, 0.3) is 0 Å². The van der Waals surface area contributed by atoms with Crippen molar-refractivity contribution < 1.29 is 19.1 Å². The number of ether oxygens (including phenoxy) is 2. The van der Waals surface area contributed by atoms with Gasteiger partial charge in [-0.2, -0.15) is 0 Å². The summed E-state index contributed by atoms with van der Waals surface area (Å²) in [5, 5.41) is 0. The van der Waals surface area contributed by atoms with E-state index in [1.165, 1.54) is 67.2 Å². The smallest absolute Gasteiger partial charge is 0.338 e. The highest BCUT2D eigenvalue weighted by Crippen LogP contribution is 2.38. The predicted molar refractivity (Wildman–Crippen MR) is 188 cm³/mol. The molecule has 3 saturated carbocycles. The Kier molecular flexibility index (Phi) is 13.6. The number of rotatable bonds is 14. The molecule has 252 valence electrons. The summed E-state index contributed by atoms with van der Waals surface area (Å²) in [4.78, 5) is 27.8. The van der Waals surface area contributed by atoms with Gasteiger partial charge in [0.1, 0.15) is 12.7 Å². The van der Waals surface area contributed by atoms with E-state index in [4.69, 9.17) is 9.47 Å². The Bertz CT molecular complexity index is 1250.